The second-order valence-corrected chi connectivity index (χ2v) is 15.9. The Morgan fingerprint density at radius 2 is 0.862 bits per heavy atom. The number of anilines is 3. The van der Waals surface area contributed by atoms with E-state index in [2.05, 4.69) is 193 Å². The Bertz CT molecular complexity index is 3480. The fourth-order valence-corrected chi connectivity index (χ4v) is 9.95. The highest BCUT2D eigenvalue weighted by Crippen LogP contribution is 2.46. The molecule has 4 heteroatoms. The van der Waals surface area contributed by atoms with Crippen LogP contribution in [0.1, 0.15) is 0 Å². The summed E-state index contributed by atoms with van der Waals surface area (Å²) in [6.07, 6.45) is 0. The van der Waals surface area contributed by atoms with Crippen LogP contribution in [-0.2, 0) is 0 Å². The first-order valence-electron chi connectivity index (χ1n) is 19.6. The molecule has 0 fully saturated rings. The van der Waals surface area contributed by atoms with Crippen molar-refractivity contribution in [3.05, 3.63) is 200 Å². The number of rotatable bonds is 6. The van der Waals surface area contributed by atoms with Crippen LogP contribution in [0.4, 0.5) is 17.1 Å². The molecular weight excluding hydrogens is 727 g/mol. The van der Waals surface area contributed by atoms with E-state index in [1.54, 1.807) is 0 Å². The fraction of sp³-hybridized carbons (Fsp3) is 0. The third-order valence-corrected chi connectivity index (χ3v) is 12.7. The van der Waals surface area contributed by atoms with Crippen molar-refractivity contribution in [2.24, 2.45) is 0 Å². The molecule has 272 valence electrons. The molecule has 0 saturated carbocycles. The maximum absolute atomic E-state index is 6.51. The lowest BCUT2D eigenvalue weighted by molar-refractivity contribution is 0.669. The van der Waals surface area contributed by atoms with Crippen molar-refractivity contribution in [2.75, 3.05) is 4.90 Å². The maximum atomic E-state index is 6.51. The van der Waals surface area contributed by atoms with Gasteiger partial charge in [-0.05, 0) is 112 Å². The van der Waals surface area contributed by atoms with Crippen molar-refractivity contribution in [1.82, 2.24) is 0 Å². The molecule has 0 radical (unpaired) electrons. The van der Waals surface area contributed by atoms with Crippen molar-refractivity contribution < 1.29 is 8.83 Å². The van der Waals surface area contributed by atoms with Gasteiger partial charge in [-0.2, -0.15) is 0 Å². The minimum absolute atomic E-state index is 0.898. The van der Waals surface area contributed by atoms with Gasteiger partial charge < -0.3 is 13.7 Å². The number of fused-ring (bicyclic) bond motifs is 10. The maximum Gasteiger partial charge on any atom is 0.136 e. The molecule has 3 aromatic heterocycles. The minimum atomic E-state index is 0.898. The second-order valence-electron chi connectivity index (χ2n) is 14.8. The smallest absolute Gasteiger partial charge is 0.136 e. The summed E-state index contributed by atoms with van der Waals surface area (Å²) in [4.78, 5) is 2.33. The van der Waals surface area contributed by atoms with Gasteiger partial charge in [0.25, 0.3) is 0 Å². The van der Waals surface area contributed by atoms with Crippen LogP contribution in [0.2, 0.25) is 0 Å². The Kier molecular flexibility index (Phi) is 7.40. The van der Waals surface area contributed by atoms with Gasteiger partial charge in [-0.15, -0.1) is 11.3 Å². The summed E-state index contributed by atoms with van der Waals surface area (Å²) < 4.78 is 15.3. The van der Waals surface area contributed by atoms with Crippen molar-refractivity contribution in [2.45, 2.75) is 0 Å². The summed E-state index contributed by atoms with van der Waals surface area (Å²) in [5.74, 6) is 0. The van der Waals surface area contributed by atoms with Crippen molar-refractivity contribution in [3.63, 3.8) is 0 Å². The molecule has 58 heavy (non-hydrogen) atoms. The molecule has 0 amide bonds. The Hall–Kier alpha value is -7.40. The normalized spacial score (nSPS) is 11.8. The number of benzene rings is 9. The van der Waals surface area contributed by atoms with Crippen molar-refractivity contribution >= 4 is 92.4 Å². The first-order chi connectivity index (χ1) is 28.7. The van der Waals surface area contributed by atoms with Crippen LogP contribution in [0.5, 0.6) is 0 Å². The Balaban J connectivity index is 0.953. The molecule has 3 nitrogen and oxygen atoms in total. The monoisotopic (exact) mass is 759 g/mol. The van der Waals surface area contributed by atoms with Gasteiger partial charge in [0.1, 0.15) is 22.3 Å². The van der Waals surface area contributed by atoms with Crippen LogP contribution < -0.4 is 4.90 Å². The van der Waals surface area contributed by atoms with Gasteiger partial charge in [0.15, 0.2) is 0 Å². The number of para-hydroxylation sites is 1. The zero-order valence-corrected chi connectivity index (χ0v) is 32.0. The van der Waals surface area contributed by atoms with Gasteiger partial charge in [0.2, 0.25) is 0 Å². The van der Waals surface area contributed by atoms with E-state index in [1.807, 2.05) is 23.5 Å². The summed E-state index contributed by atoms with van der Waals surface area (Å²) >= 11 is 1.84. The average Bonchev–Trinajstić information content (AvgIpc) is 3.98. The standard InChI is InChI=1S/C54H33NO2S/c1-2-9-34(10-3-1)35-17-24-39(25-18-35)55(40-26-19-36(20-27-40)38-23-30-44-43-11-4-6-14-47(43)56-50(44)33-38)41-28-21-37(22-29-41)42-13-8-15-48-52(42)53-49(57-48)32-31-46-45-12-5-7-16-51(45)58-54(46)53/h1-33H. The summed E-state index contributed by atoms with van der Waals surface area (Å²) in [7, 11) is 0. The van der Waals surface area contributed by atoms with Crippen LogP contribution in [0.3, 0.4) is 0 Å². The van der Waals surface area contributed by atoms with E-state index in [0.717, 1.165) is 77.8 Å². The quantitative estimate of drug-likeness (QED) is 0.169. The number of nitrogens with zero attached hydrogens (tertiary/aromatic N) is 1. The predicted octanol–water partition coefficient (Wildman–Crippen LogP) is 16.3. The molecule has 12 rings (SSSR count). The average molecular weight is 760 g/mol. The van der Waals surface area contributed by atoms with E-state index in [0.29, 0.717) is 0 Å². The number of furan rings is 2. The van der Waals surface area contributed by atoms with Gasteiger partial charge in [0, 0.05) is 58.8 Å². The highest BCUT2D eigenvalue weighted by atomic mass is 32.1. The van der Waals surface area contributed by atoms with E-state index in [9.17, 15) is 0 Å². The summed E-state index contributed by atoms with van der Waals surface area (Å²) in [6.45, 7) is 0. The SMILES string of the molecule is c1ccc(-c2ccc(N(c3ccc(-c4ccc5c(c4)oc4ccccc45)cc3)c3ccc(-c4cccc5oc6ccc7c8ccccc8sc7c6c45)cc3)cc2)cc1. The molecule has 9 aromatic carbocycles. The molecule has 3 heterocycles. The largest absolute Gasteiger partial charge is 0.456 e. The molecule has 0 aliphatic rings. The summed E-state index contributed by atoms with van der Waals surface area (Å²) in [6, 6.07) is 71.4. The first-order valence-corrected chi connectivity index (χ1v) is 20.4. The molecule has 0 unspecified atom stereocenters. The van der Waals surface area contributed by atoms with Gasteiger partial charge >= 0.3 is 0 Å². The van der Waals surface area contributed by atoms with E-state index in [1.165, 1.54) is 36.7 Å². The lowest BCUT2D eigenvalue weighted by atomic mass is 9.98. The topological polar surface area (TPSA) is 29.5 Å². The second kappa shape index (κ2) is 13.1. The van der Waals surface area contributed by atoms with Crippen LogP contribution in [0.15, 0.2) is 209 Å². The molecule has 0 bridgehead atoms. The Morgan fingerprint density at radius 3 is 1.62 bits per heavy atom. The molecule has 12 aromatic rings. The van der Waals surface area contributed by atoms with Crippen LogP contribution in [-0.4, -0.2) is 0 Å². The molecule has 0 spiro atoms. The third-order valence-electron chi connectivity index (χ3n) is 11.5. The van der Waals surface area contributed by atoms with Crippen LogP contribution >= 0.6 is 11.3 Å². The number of hydrogen-bond donors (Lipinski definition) is 0. The van der Waals surface area contributed by atoms with E-state index in [4.69, 9.17) is 8.83 Å². The predicted molar refractivity (Wildman–Crippen MR) is 245 cm³/mol. The third kappa shape index (κ3) is 5.27. The highest BCUT2D eigenvalue weighted by molar-refractivity contribution is 7.26. The van der Waals surface area contributed by atoms with Crippen molar-refractivity contribution in [3.8, 4) is 33.4 Å². The van der Waals surface area contributed by atoms with Gasteiger partial charge in [0.05, 0.1) is 0 Å². The summed E-state index contributed by atoms with van der Waals surface area (Å²) in [5.41, 5.74) is 13.8. The molecule has 0 saturated heterocycles. The lowest BCUT2D eigenvalue weighted by Crippen LogP contribution is -2.09. The van der Waals surface area contributed by atoms with Crippen LogP contribution in [0, 0.1) is 0 Å². The highest BCUT2D eigenvalue weighted by Gasteiger charge is 2.19. The molecule has 0 atom stereocenters. The van der Waals surface area contributed by atoms with Gasteiger partial charge in [-0.25, -0.2) is 0 Å². The minimum Gasteiger partial charge on any atom is -0.456 e. The zero-order valence-electron chi connectivity index (χ0n) is 31.2. The zero-order chi connectivity index (χ0) is 38.2. The molecular formula is C54H33NO2S. The van der Waals surface area contributed by atoms with E-state index >= 15 is 0 Å². The van der Waals surface area contributed by atoms with Gasteiger partial charge in [-0.1, -0.05) is 121 Å². The fourth-order valence-electron chi connectivity index (χ4n) is 8.70. The first kappa shape index (κ1) is 32.8. The summed E-state index contributed by atoms with van der Waals surface area (Å²) in [5, 5.41) is 7.19. The van der Waals surface area contributed by atoms with Gasteiger partial charge in [-0.3, -0.25) is 0 Å². The molecule has 0 aliphatic heterocycles. The Labute approximate surface area is 338 Å². The van der Waals surface area contributed by atoms with Crippen molar-refractivity contribution in [1.29, 1.82) is 0 Å². The molecule has 0 aliphatic carbocycles. The number of hydrogen-bond acceptors (Lipinski definition) is 4. The Morgan fingerprint density at radius 1 is 0.328 bits per heavy atom. The van der Waals surface area contributed by atoms with E-state index < -0.39 is 0 Å². The number of thiophene rings is 1. The van der Waals surface area contributed by atoms with Crippen LogP contribution in [0.25, 0.3) is 97.4 Å². The molecule has 0 N–H and O–H groups in total. The van der Waals surface area contributed by atoms with E-state index in [-0.39, 0.29) is 0 Å². The lowest BCUT2D eigenvalue weighted by Gasteiger charge is -2.26.